The van der Waals surface area contributed by atoms with Gasteiger partial charge in [-0.3, -0.25) is 4.79 Å². The van der Waals surface area contributed by atoms with Crippen molar-refractivity contribution in [1.29, 1.82) is 0 Å². The van der Waals surface area contributed by atoms with Crippen molar-refractivity contribution in [2.45, 2.75) is 50.5 Å². The minimum absolute atomic E-state index is 0.0594. The smallest absolute Gasteiger partial charge is 0.239 e. The number of benzene rings is 3. The number of hydrogen-bond donors (Lipinski definition) is 1. The van der Waals surface area contributed by atoms with Gasteiger partial charge in [0.1, 0.15) is 5.41 Å². The highest BCUT2D eigenvalue weighted by atomic mass is 16.2. The van der Waals surface area contributed by atoms with Gasteiger partial charge in [0.2, 0.25) is 5.91 Å². The standard InChI is InChI=1S/C28H31NO/c1-22(23-14-6-2-7-15-23)29-27(30)28(24-16-8-3-9-17-24,25-18-10-4-11-19-25)26-20-12-5-13-21-26/h3-5,8-13,16-23H,2,6-7,14-15H2,1H3,(H,29,30)/t22-/m0/s1. The van der Waals surface area contributed by atoms with Gasteiger partial charge in [0.25, 0.3) is 0 Å². The molecule has 0 radical (unpaired) electrons. The van der Waals surface area contributed by atoms with E-state index in [-0.39, 0.29) is 11.9 Å². The van der Waals surface area contributed by atoms with Crippen LogP contribution in [0, 0.1) is 5.92 Å². The van der Waals surface area contributed by atoms with Gasteiger partial charge >= 0.3 is 0 Å². The number of nitrogens with one attached hydrogen (secondary N) is 1. The van der Waals surface area contributed by atoms with Crippen molar-refractivity contribution >= 4 is 5.91 Å². The van der Waals surface area contributed by atoms with E-state index in [1.807, 2.05) is 54.6 Å². The highest BCUT2D eigenvalue weighted by Crippen LogP contribution is 2.40. The SMILES string of the molecule is C[C@H](NC(=O)C(c1ccccc1)(c1ccccc1)c1ccccc1)C1CCCCC1. The molecule has 1 fully saturated rings. The molecule has 154 valence electrons. The minimum Gasteiger partial charge on any atom is -0.352 e. The van der Waals surface area contributed by atoms with E-state index in [9.17, 15) is 4.79 Å². The van der Waals surface area contributed by atoms with Gasteiger partial charge < -0.3 is 5.32 Å². The quantitative estimate of drug-likeness (QED) is 0.500. The summed E-state index contributed by atoms with van der Waals surface area (Å²) in [6.45, 7) is 2.18. The Morgan fingerprint density at radius 1 is 0.733 bits per heavy atom. The van der Waals surface area contributed by atoms with Gasteiger partial charge in [0.05, 0.1) is 0 Å². The maximum atomic E-state index is 14.2. The first-order valence-corrected chi connectivity index (χ1v) is 11.2. The van der Waals surface area contributed by atoms with Crippen molar-refractivity contribution in [1.82, 2.24) is 5.32 Å². The van der Waals surface area contributed by atoms with Crippen LogP contribution in [0.5, 0.6) is 0 Å². The summed E-state index contributed by atoms with van der Waals surface area (Å²) in [4.78, 5) is 14.2. The Hall–Kier alpha value is -2.87. The van der Waals surface area contributed by atoms with Crippen LogP contribution in [0.1, 0.15) is 55.7 Å². The molecule has 1 N–H and O–H groups in total. The molecular formula is C28H31NO. The van der Waals surface area contributed by atoms with E-state index in [2.05, 4.69) is 48.6 Å². The summed E-state index contributed by atoms with van der Waals surface area (Å²) >= 11 is 0. The van der Waals surface area contributed by atoms with Crippen LogP contribution < -0.4 is 5.32 Å². The summed E-state index contributed by atoms with van der Waals surface area (Å²) in [6.07, 6.45) is 6.27. The fraction of sp³-hybridized carbons (Fsp3) is 0.321. The van der Waals surface area contributed by atoms with E-state index in [1.54, 1.807) is 0 Å². The summed E-state index contributed by atoms with van der Waals surface area (Å²) < 4.78 is 0. The molecule has 3 aromatic carbocycles. The molecule has 0 aliphatic heterocycles. The van der Waals surface area contributed by atoms with E-state index in [0.717, 1.165) is 16.7 Å². The average Bonchev–Trinajstić information content (AvgIpc) is 2.82. The van der Waals surface area contributed by atoms with Crippen molar-refractivity contribution in [2.24, 2.45) is 5.92 Å². The van der Waals surface area contributed by atoms with Crippen molar-refractivity contribution < 1.29 is 4.79 Å². The second-order valence-corrected chi connectivity index (χ2v) is 8.51. The molecule has 4 rings (SSSR count). The van der Waals surface area contributed by atoms with Gasteiger partial charge in [0, 0.05) is 6.04 Å². The molecule has 0 saturated heterocycles. The topological polar surface area (TPSA) is 29.1 Å². The van der Waals surface area contributed by atoms with Crippen LogP contribution in [0.15, 0.2) is 91.0 Å². The third-order valence-corrected chi connectivity index (χ3v) is 6.68. The van der Waals surface area contributed by atoms with Gasteiger partial charge in [-0.1, -0.05) is 110 Å². The molecule has 1 aliphatic rings. The Morgan fingerprint density at radius 2 is 1.13 bits per heavy atom. The second kappa shape index (κ2) is 9.30. The molecule has 1 aliphatic carbocycles. The first-order chi connectivity index (χ1) is 14.7. The van der Waals surface area contributed by atoms with Crippen molar-refractivity contribution in [3.05, 3.63) is 108 Å². The zero-order valence-corrected chi connectivity index (χ0v) is 17.8. The van der Waals surface area contributed by atoms with Crippen LogP contribution in [0.4, 0.5) is 0 Å². The van der Waals surface area contributed by atoms with E-state index < -0.39 is 5.41 Å². The third-order valence-electron chi connectivity index (χ3n) is 6.68. The molecule has 3 aromatic rings. The van der Waals surface area contributed by atoms with E-state index in [0.29, 0.717) is 5.92 Å². The second-order valence-electron chi connectivity index (χ2n) is 8.51. The highest BCUT2D eigenvalue weighted by Gasteiger charge is 2.44. The first-order valence-electron chi connectivity index (χ1n) is 11.2. The third kappa shape index (κ3) is 3.92. The lowest BCUT2D eigenvalue weighted by molar-refractivity contribution is -0.125. The predicted molar refractivity (Wildman–Crippen MR) is 123 cm³/mol. The molecule has 2 nitrogen and oxygen atoms in total. The monoisotopic (exact) mass is 397 g/mol. The molecule has 0 heterocycles. The zero-order valence-electron chi connectivity index (χ0n) is 17.8. The van der Waals surface area contributed by atoms with Crippen LogP contribution in [0.2, 0.25) is 0 Å². The van der Waals surface area contributed by atoms with Crippen LogP contribution in [-0.2, 0) is 10.2 Å². The Morgan fingerprint density at radius 3 is 1.53 bits per heavy atom. The average molecular weight is 398 g/mol. The summed E-state index contributed by atoms with van der Waals surface area (Å²) in [7, 11) is 0. The van der Waals surface area contributed by atoms with E-state index in [4.69, 9.17) is 0 Å². The highest BCUT2D eigenvalue weighted by molar-refractivity contribution is 5.96. The summed E-state index contributed by atoms with van der Waals surface area (Å²) in [5.41, 5.74) is 2.11. The minimum atomic E-state index is -0.882. The molecule has 0 aromatic heterocycles. The van der Waals surface area contributed by atoms with Crippen LogP contribution in [0.3, 0.4) is 0 Å². The Bertz CT molecular complexity index is 833. The lowest BCUT2D eigenvalue weighted by Gasteiger charge is -2.37. The fourth-order valence-corrected chi connectivity index (χ4v) is 5.02. The fourth-order valence-electron chi connectivity index (χ4n) is 5.02. The molecule has 1 amide bonds. The van der Waals surface area contributed by atoms with Gasteiger partial charge in [-0.05, 0) is 42.4 Å². The van der Waals surface area contributed by atoms with Gasteiger partial charge in [-0.2, -0.15) is 0 Å². The van der Waals surface area contributed by atoms with Crippen molar-refractivity contribution in [2.75, 3.05) is 0 Å². The lowest BCUT2D eigenvalue weighted by Crippen LogP contribution is -2.51. The van der Waals surface area contributed by atoms with Crippen LogP contribution in [-0.4, -0.2) is 11.9 Å². The Kier molecular flexibility index (Phi) is 6.32. The number of carbonyl (C=O) groups excluding carboxylic acids is 1. The number of carbonyl (C=O) groups is 1. The summed E-state index contributed by atoms with van der Waals surface area (Å²) in [6, 6.07) is 30.8. The van der Waals surface area contributed by atoms with E-state index >= 15 is 0 Å². The maximum absolute atomic E-state index is 14.2. The zero-order chi connectivity index (χ0) is 20.8. The lowest BCUT2D eigenvalue weighted by atomic mass is 9.68. The predicted octanol–water partition coefficient (Wildman–Crippen LogP) is 6.11. The van der Waals surface area contributed by atoms with Gasteiger partial charge in [0.15, 0.2) is 0 Å². The van der Waals surface area contributed by atoms with Gasteiger partial charge in [-0.25, -0.2) is 0 Å². The van der Waals surface area contributed by atoms with Crippen molar-refractivity contribution in [3.63, 3.8) is 0 Å². The summed E-state index contributed by atoms with van der Waals surface area (Å²) in [5, 5.41) is 3.45. The molecule has 2 heteroatoms. The molecule has 0 unspecified atom stereocenters. The van der Waals surface area contributed by atoms with Crippen molar-refractivity contribution in [3.8, 4) is 0 Å². The normalized spacial score (nSPS) is 16.0. The van der Waals surface area contributed by atoms with Crippen LogP contribution in [0.25, 0.3) is 0 Å². The van der Waals surface area contributed by atoms with Crippen LogP contribution >= 0.6 is 0 Å². The Labute approximate surface area is 180 Å². The maximum Gasteiger partial charge on any atom is 0.239 e. The number of hydrogen-bond acceptors (Lipinski definition) is 1. The Balaban J connectivity index is 1.83. The molecule has 0 bridgehead atoms. The summed E-state index contributed by atoms with van der Waals surface area (Å²) in [5.74, 6) is 0.617. The number of rotatable bonds is 6. The van der Waals surface area contributed by atoms with E-state index in [1.165, 1.54) is 32.1 Å². The number of amides is 1. The largest absolute Gasteiger partial charge is 0.352 e. The molecule has 1 saturated carbocycles. The molecular weight excluding hydrogens is 366 g/mol. The molecule has 30 heavy (non-hydrogen) atoms. The molecule has 0 spiro atoms. The molecule has 1 atom stereocenters. The first kappa shape index (κ1) is 20.4. The van der Waals surface area contributed by atoms with Gasteiger partial charge in [-0.15, -0.1) is 0 Å².